The molecule has 5 nitrogen and oxygen atoms in total. The fourth-order valence-corrected chi connectivity index (χ4v) is 1.65. The van der Waals surface area contributed by atoms with E-state index in [0.717, 1.165) is 6.07 Å². The maximum absolute atomic E-state index is 13.4. The van der Waals surface area contributed by atoms with Crippen molar-refractivity contribution in [2.45, 2.75) is 12.8 Å². The Labute approximate surface area is 121 Å². The van der Waals surface area contributed by atoms with Gasteiger partial charge in [0.25, 0.3) is 0 Å². The van der Waals surface area contributed by atoms with Crippen LogP contribution in [0.15, 0.2) is 18.2 Å². The predicted octanol–water partition coefficient (Wildman–Crippen LogP) is 2.21. The Morgan fingerprint density at radius 2 is 2.00 bits per heavy atom. The first-order valence-electron chi connectivity index (χ1n) is 6.03. The Balaban J connectivity index is 2.38. The third-order valence-corrected chi connectivity index (χ3v) is 2.87. The maximum Gasteiger partial charge on any atom is 0.304 e. The van der Waals surface area contributed by atoms with Crippen LogP contribution in [0, 0.1) is 5.82 Å². The Morgan fingerprint density at radius 3 is 2.60 bits per heavy atom. The predicted molar refractivity (Wildman–Crippen MR) is 74.4 cm³/mol. The maximum atomic E-state index is 13.4. The molecule has 1 aromatic rings. The first kappa shape index (κ1) is 16.4. The van der Waals surface area contributed by atoms with Gasteiger partial charge >= 0.3 is 5.97 Å². The lowest BCUT2D eigenvalue weighted by atomic mass is 10.3. The number of halogens is 2. The lowest BCUT2D eigenvalue weighted by molar-refractivity contribution is -0.137. The van der Waals surface area contributed by atoms with Crippen molar-refractivity contribution in [2.75, 3.05) is 25.5 Å². The number of anilines is 1. The van der Waals surface area contributed by atoms with Crippen LogP contribution in [0.4, 0.5) is 10.1 Å². The van der Waals surface area contributed by atoms with Gasteiger partial charge in [0.2, 0.25) is 5.91 Å². The number of aliphatic carboxylic acids is 1. The molecule has 1 aromatic carbocycles. The number of carbonyl (C=O) groups is 2. The van der Waals surface area contributed by atoms with Crippen LogP contribution in [-0.2, 0) is 9.59 Å². The first-order chi connectivity index (χ1) is 9.38. The van der Waals surface area contributed by atoms with Crippen molar-refractivity contribution in [1.82, 2.24) is 4.90 Å². The molecule has 0 aliphatic carbocycles. The van der Waals surface area contributed by atoms with Gasteiger partial charge in [0, 0.05) is 24.5 Å². The van der Waals surface area contributed by atoms with Crippen molar-refractivity contribution in [3.63, 3.8) is 0 Å². The van der Waals surface area contributed by atoms with Crippen molar-refractivity contribution in [1.29, 1.82) is 0 Å². The summed E-state index contributed by atoms with van der Waals surface area (Å²) < 4.78 is 13.4. The van der Waals surface area contributed by atoms with Gasteiger partial charge in [-0.2, -0.15) is 0 Å². The molecule has 1 rings (SSSR count). The topological polar surface area (TPSA) is 69.6 Å². The number of benzene rings is 1. The van der Waals surface area contributed by atoms with Gasteiger partial charge in [0.1, 0.15) is 5.82 Å². The first-order valence-corrected chi connectivity index (χ1v) is 6.41. The summed E-state index contributed by atoms with van der Waals surface area (Å²) in [5.74, 6) is -1.82. The molecule has 7 heteroatoms. The molecular weight excluding hydrogens is 287 g/mol. The van der Waals surface area contributed by atoms with Gasteiger partial charge in [-0.1, -0.05) is 11.6 Å². The van der Waals surface area contributed by atoms with E-state index in [1.54, 1.807) is 11.9 Å². The second-order valence-electron chi connectivity index (χ2n) is 4.37. The van der Waals surface area contributed by atoms with E-state index in [9.17, 15) is 14.0 Å². The Kier molecular flexibility index (Phi) is 6.41. The van der Waals surface area contributed by atoms with E-state index in [1.807, 2.05) is 0 Å². The van der Waals surface area contributed by atoms with Crippen LogP contribution in [0.2, 0.25) is 5.02 Å². The van der Waals surface area contributed by atoms with Gasteiger partial charge in [-0.25, -0.2) is 4.39 Å². The molecule has 0 aromatic heterocycles. The van der Waals surface area contributed by atoms with Crippen LogP contribution in [0.1, 0.15) is 12.8 Å². The molecule has 0 aliphatic rings. The summed E-state index contributed by atoms with van der Waals surface area (Å²) in [6.45, 7) is 0.756. The zero-order valence-corrected chi connectivity index (χ0v) is 11.8. The molecule has 20 heavy (non-hydrogen) atoms. The van der Waals surface area contributed by atoms with Gasteiger partial charge in [-0.15, -0.1) is 0 Å². The second-order valence-corrected chi connectivity index (χ2v) is 4.81. The average molecular weight is 303 g/mol. The lowest BCUT2D eigenvalue weighted by Crippen LogP contribution is -2.26. The summed E-state index contributed by atoms with van der Waals surface area (Å²) in [5.41, 5.74) is 0.0765. The minimum absolute atomic E-state index is 0.0178. The van der Waals surface area contributed by atoms with E-state index < -0.39 is 11.8 Å². The summed E-state index contributed by atoms with van der Waals surface area (Å²) in [4.78, 5) is 23.8. The van der Waals surface area contributed by atoms with Crippen LogP contribution in [0.25, 0.3) is 0 Å². The quantitative estimate of drug-likeness (QED) is 0.810. The zero-order chi connectivity index (χ0) is 15.1. The summed E-state index contributed by atoms with van der Waals surface area (Å²) in [5, 5.41) is 11.2. The van der Waals surface area contributed by atoms with Gasteiger partial charge in [-0.05, 0) is 25.2 Å². The second kappa shape index (κ2) is 7.81. The summed E-state index contributed by atoms with van der Waals surface area (Å²) in [6, 6.07) is 4.00. The molecule has 0 heterocycles. The number of amides is 1. The Morgan fingerprint density at radius 1 is 1.35 bits per heavy atom. The summed E-state index contributed by atoms with van der Waals surface area (Å²) >= 11 is 5.61. The molecule has 0 saturated heterocycles. The highest BCUT2D eigenvalue weighted by Gasteiger charge is 2.09. The minimum Gasteiger partial charge on any atom is -0.481 e. The lowest BCUT2D eigenvalue weighted by Gasteiger charge is -2.15. The molecule has 0 aliphatic heterocycles. The molecule has 1 amide bonds. The summed E-state index contributed by atoms with van der Waals surface area (Å²) in [6.07, 6.45) is 0.169. The number of nitrogens with zero attached hydrogens (tertiary/aromatic N) is 1. The number of hydrogen-bond donors (Lipinski definition) is 2. The van der Waals surface area contributed by atoms with E-state index in [-0.39, 0.29) is 29.5 Å². The highest BCUT2D eigenvalue weighted by molar-refractivity contribution is 6.30. The third kappa shape index (κ3) is 5.99. The molecule has 2 N–H and O–H groups in total. The van der Waals surface area contributed by atoms with Crippen LogP contribution in [-0.4, -0.2) is 42.0 Å². The standard InChI is InChI=1S/C13H16ClFN2O3/c1-17(7-5-13(19)20)6-4-12(18)16-11-3-2-9(14)8-10(11)15/h2-3,8H,4-7H2,1H3,(H,16,18)(H,19,20). The van der Waals surface area contributed by atoms with Gasteiger partial charge < -0.3 is 15.3 Å². The van der Waals surface area contributed by atoms with E-state index in [4.69, 9.17) is 16.7 Å². The highest BCUT2D eigenvalue weighted by atomic mass is 35.5. The van der Waals surface area contributed by atoms with E-state index in [0.29, 0.717) is 13.1 Å². The van der Waals surface area contributed by atoms with Crippen molar-refractivity contribution in [3.8, 4) is 0 Å². The molecule has 0 saturated carbocycles. The summed E-state index contributed by atoms with van der Waals surface area (Å²) in [7, 11) is 1.72. The SMILES string of the molecule is CN(CCC(=O)O)CCC(=O)Nc1ccc(Cl)cc1F. The fraction of sp³-hybridized carbons (Fsp3) is 0.385. The van der Waals surface area contributed by atoms with E-state index >= 15 is 0 Å². The van der Waals surface area contributed by atoms with Crippen molar-refractivity contribution in [2.24, 2.45) is 0 Å². The number of nitrogens with one attached hydrogen (secondary N) is 1. The van der Waals surface area contributed by atoms with Gasteiger partial charge in [-0.3, -0.25) is 9.59 Å². The van der Waals surface area contributed by atoms with Gasteiger partial charge in [0.15, 0.2) is 0 Å². The third-order valence-electron chi connectivity index (χ3n) is 2.63. The molecule has 110 valence electrons. The molecule has 0 radical (unpaired) electrons. The largest absolute Gasteiger partial charge is 0.481 e. The number of carboxylic acids is 1. The minimum atomic E-state index is -0.885. The zero-order valence-electron chi connectivity index (χ0n) is 11.0. The van der Waals surface area contributed by atoms with Crippen LogP contribution >= 0.6 is 11.6 Å². The van der Waals surface area contributed by atoms with Gasteiger partial charge in [0.05, 0.1) is 12.1 Å². The van der Waals surface area contributed by atoms with Crippen molar-refractivity contribution in [3.05, 3.63) is 29.0 Å². The molecule has 0 spiro atoms. The van der Waals surface area contributed by atoms with Crippen LogP contribution in [0.3, 0.4) is 0 Å². The highest BCUT2D eigenvalue weighted by Crippen LogP contribution is 2.18. The molecule has 0 atom stereocenters. The monoisotopic (exact) mass is 302 g/mol. The van der Waals surface area contributed by atoms with Crippen LogP contribution in [0.5, 0.6) is 0 Å². The molecule has 0 fully saturated rings. The van der Waals surface area contributed by atoms with E-state index in [1.165, 1.54) is 12.1 Å². The molecular formula is C13H16ClFN2O3. The molecule has 0 bridgehead atoms. The van der Waals surface area contributed by atoms with E-state index in [2.05, 4.69) is 5.32 Å². The average Bonchev–Trinajstić information content (AvgIpc) is 2.37. The van der Waals surface area contributed by atoms with Crippen molar-refractivity contribution < 1.29 is 19.1 Å². The number of carbonyl (C=O) groups excluding carboxylic acids is 1. The normalized spacial score (nSPS) is 10.6. The smallest absolute Gasteiger partial charge is 0.304 e. The van der Waals surface area contributed by atoms with Crippen molar-refractivity contribution >= 4 is 29.2 Å². The number of rotatable bonds is 7. The number of carboxylic acid groups (broad SMARTS) is 1. The fourth-order valence-electron chi connectivity index (χ4n) is 1.49. The molecule has 0 unspecified atom stereocenters. The Hall–Kier alpha value is -1.66. The Bertz CT molecular complexity index is 497. The number of hydrogen-bond acceptors (Lipinski definition) is 3. The van der Waals surface area contributed by atoms with Crippen LogP contribution < -0.4 is 5.32 Å².